The molecular weight excluding hydrogens is 335 g/mol. The maximum atomic E-state index is 12.1. The molecule has 9 heteroatoms. The predicted octanol–water partition coefficient (Wildman–Crippen LogP) is 2.35. The zero-order valence-electron chi connectivity index (χ0n) is 11.4. The number of nitrogens with one attached hydrogen (secondary N) is 1. The lowest BCUT2D eigenvalue weighted by Crippen LogP contribution is -2.14. The van der Waals surface area contributed by atoms with Crippen LogP contribution in [0.25, 0.3) is 0 Å². The molecule has 2 rings (SSSR count). The minimum Gasteiger partial charge on any atom is -0.462 e. The SMILES string of the molecule is O=C(OCC1CC1(Cl)Cl)c1cc([N+](=O)[O-])ccc1NCCO. The van der Waals surface area contributed by atoms with Gasteiger partial charge in [-0.05, 0) is 12.5 Å². The van der Waals surface area contributed by atoms with Crippen molar-refractivity contribution in [2.45, 2.75) is 10.8 Å². The van der Waals surface area contributed by atoms with E-state index in [1.807, 2.05) is 0 Å². The number of nitrogens with zero attached hydrogens (tertiary/aromatic N) is 1. The van der Waals surface area contributed by atoms with Gasteiger partial charge in [0, 0.05) is 30.3 Å². The van der Waals surface area contributed by atoms with Crippen LogP contribution in [0.4, 0.5) is 11.4 Å². The fraction of sp³-hybridized carbons (Fsp3) is 0.462. The van der Waals surface area contributed by atoms with E-state index in [-0.39, 0.29) is 36.9 Å². The molecule has 7 nitrogen and oxygen atoms in total. The number of aliphatic hydroxyl groups is 1. The Bertz CT molecular complexity index is 594. The van der Waals surface area contributed by atoms with E-state index in [0.717, 1.165) is 6.07 Å². The number of nitro groups is 1. The molecule has 1 saturated carbocycles. The lowest BCUT2D eigenvalue weighted by molar-refractivity contribution is -0.384. The predicted molar refractivity (Wildman–Crippen MR) is 81.5 cm³/mol. The second-order valence-corrected chi connectivity index (χ2v) is 6.44. The number of carbonyl (C=O) groups is 1. The molecule has 0 saturated heterocycles. The molecule has 0 bridgehead atoms. The highest BCUT2D eigenvalue weighted by Crippen LogP contribution is 2.53. The van der Waals surface area contributed by atoms with Crippen LogP contribution >= 0.6 is 23.2 Å². The maximum absolute atomic E-state index is 12.1. The van der Waals surface area contributed by atoms with Crippen molar-refractivity contribution in [1.29, 1.82) is 0 Å². The smallest absolute Gasteiger partial charge is 0.340 e. The topological polar surface area (TPSA) is 102 Å². The summed E-state index contributed by atoms with van der Waals surface area (Å²) in [5.74, 6) is -0.840. The standard InChI is InChI=1S/C13H14Cl2N2O5/c14-13(15)6-8(13)7-22-12(19)10-5-9(17(20)21)1-2-11(10)16-3-4-18/h1-2,5,8,16,18H,3-4,6-7H2. The van der Waals surface area contributed by atoms with Crippen LogP contribution in [-0.4, -0.2) is 40.1 Å². The van der Waals surface area contributed by atoms with Crippen molar-refractivity contribution in [3.05, 3.63) is 33.9 Å². The Hall–Kier alpha value is -1.57. The molecule has 1 fully saturated rings. The molecule has 1 aliphatic rings. The molecule has 0 aromatic heterocycles. The van der Waals surface area contributed by atoms with E-state index in [9.17, 15) is 14.9 Å². The monoisotopic (exact) mass is 348 g/mol. The lowest BCUT2D eigenvalue weighted by Gasteiger charge is -2.11. The molecule has 0 radical (unpaired) electrons. The van der Waals surface area contributed by atoms with Gasteiger partial charge in [-0.3, -0.25) is 10.1 Å². The molecule has 0 aliphatic heterocycles. The second-order valence-electron chi connectivity index (χ2n) is 4.90. The number of ether oxygens (including phenoxy) is 1. The van der Waals surface area contributed by atoms with E-state index in [1.54, 1.807) is 0 Å². The molecule has 1 aromatic rings. The summed E-state index contributed by atoms with van der Waals surface area (Å²) < 4.78 is 4.25. The van der Waals surface area contributed by atoms with E-state index >= 15 is 0 Å². The van der Waals surface area contributed by atoms with Crippen LogP contribution in [0.3, 0.4) is 0 Å². The van der Waals surface area contributed by atoms with Gasteiger partial charge in [0.1, 0.15) is 4.33 Å². The summed E-state index contributed by atoms with van der Waals surface area (Å²) in [7, 11) is 0. The van der Waals surface area contributed by atoms with Crippen LogP contribution in [0.1, 0.15) is 16.8 Å². The number of nitro benzene ring substituents is 1. The van der Waals surface area contributed by atoms with Gasteiger partial charge >= 0.3 is 5.97 Å². The Morgan fingerprint density at radius 3 is 2.77 bits per heavy atom. The molecule has 1 aliphatic carbocycles. The lowest BCUT2D eigenvalue weighted by atomic mass is 10.1. The fourth-order valence-corrected chi connectivity index (χ4v) is 2.36. The molecule has 1 unspecified atom stereocenters. The van der Waals surface area contributed by atoms with E-state index < -0.39 is 15.2 Å². The first-order valence-corrected chi connectivity index (χ1v) is 7.29. The van der Waals surface area contributed by atoms with Crippen molar-refractivity contribution in [3.63, 3.8) is 0 Å². The van der Waals surface area contributed by atoms with Gasteiger partial charge in [-0.1, -0.05) is 0 Å². The van der Waals surface area contributed by atoms with E-state index in [0.29, 0.717) is 12.1 Å². The number of aliphatic hydroxyl groups excluding tert-OH is 1. The molecule has 1 aromatic carbocycles. The van der Waals surface area contributed by atoms with E-state index in [4.69, 9.17) is 33.0 Å². The summed E-state index contributed by atoms with van der Waals surface area (Å²) in [4.78, 5) is 22.3. The van der Waals surface area contributed by atoms with Gasteiger partial charge < -0.3 is 15.2 Å². The number of carbonyl (C=O) groups excluding carboxylic acids is 1. The highest BCUT2D eigenvalue weighted by atomic mass is 35.5. The largest absolute Gasteiger partial charge is 0.462 e. The molecule has 22 heavy (non-hydrogen) atoms. The normalized spacial score (nSPS) is 18.6. The van der Waals surface area contributed by atoms with Gasteiger partial charge in [-0.15, -0.1) is 23.2 Å². The average Bonchev–Trinajstić information content (AvgIpc) is 3.09. The van der Waals surface area contributed by atoms with E-state index in [2.05, 4.69) is 5.32 Å². The van der Waals surface area contributed by atoms with Gasteiger partial charge in [0.05, 0.1) is 23.7 Å². The fourth-order valence-electron chi connectivity index (χ4n) is 1.86. The molecule has 1 atom stereocenters. The maximum Gasteiger partial charge on any atom is 0.340 e. The number of hydrogen-bond acceptors (Lipinski definition) is 6. The van der Waals surface area contributed by atoms with Crippen molar-refractivity contribution in [3.8, 4) is 0 Å². The Kier molecular flexibility index (Phi) is 5.10. The number of esters is 1. The number of benzene rings is 1. The second kappa shape index (κ2) is 6.68. The quantitative estimate of drug-likeness (QED) is 0.339. The summed E-state index contributed by atoms with van der Waals surface area (Å²) in [6, 6.07) is 3.79. The third kappa shape index (κ3) is 4.00. The van der Waals surface area contributed by atoms with Crippen molar-refractivity contribution in [2.75, 3.05) is 25.1 Å². The third-order valence-electron chi connectivity index (χ3n) is 3.23. The molecule has 0 heterocycles. The first-order chi connectivity index (χ1) is 10.3. The Morgan fingerprint density at radius 2 is 2.23 bits per heavy atom. The molecule has 2 N–H and O–H groups in total. The van der Waals surface area contributed by atoms with Gasteiger partial charge in [0.15, 0.2) is 0 Å². The average molecular weight is 349 g/mol. The number of anilines is 1. The van der Waals surface area contributed by atoms with E-state index in [1.165, 1.54) is 12.1 Å². The molecule has 0 amide bonds. The van der Waals surface area contributed by atoms with Crippen LogP contribution in [0, 0.1) is 16.0 Å². The van der Waals surface area contributed by atoms with Gasteiger partial charge in [-0.25, -0.2) is 4.79 Å². The Labute approximate surface area is 136 Å². The number of alkyl halides is 2. The minimum atomic E-state index is -0.860. The summed E-state index contributed by atoms with van der Waals surface area (Å²) in [5.41, 5.74) is 0.151. The summed E-state index contributed by atoms with van der Waals surface area (Å²) >= 11 is 11.7. The van der Waals surface area contributed by atoms with Crippen LogP contribution in [0.15, 0.2) is 18.2 Å². The van der Waals surface area contributed by atoms with Crippen molar-refractivity contribution in [1.82, 2.24) is 0 Å². The highest BCUT2D eigenvalue weighted by Gasteiger charge is 2.52. The molecular formula is C13H14Cl2N2O5. The number of rotatable bonds is 7. The number of hydrogen-bond donors (Lipinski definition) is 2. The van der Waals surface area contributed by atoms with Gasteiger partial charge in [0.2, 0.25) is 0 Å². The van der Waals surface area contributed by atoms with Gasteiger partial charge in [0.25, 0.3) is 5.69 Å². The van der Waals surface area contributed by atoms with Crippen molar-refractivity contribution in [2.24, 2.45) is 5.92 Å². The third-order valence-corrected chi connectivity index (χ3v) is 4.16. The summed E-state index contributed by atoms with van der Waals surface area (Å²) in [5, 5.41) is 22.5. The first-order valence-electron chi connectivity index (χ1n) is 6.53. The van der Waals surface area contributed by atoms with Gasteiger partial charge in [-0.2, -0.15) is 0 Å². The molecule has 120 valence electrons. The number of non-ortho nitro benzene ring substituents is 1. The summed E-state index contributed by atoms with van der Waals surface area (Å²) in [6.07, 6.45) is 0.536. The van der Waals surface area contributed by atoms with Crippen molar-refractivity contribution < 1.29 is 19.6 Å². The Balaban J connectivity index is 2.12. The summed E-state index contributed by atoms with van der Waals surface area (Å²) in [6.45, 7) is 0.107. The van der Waals surface area contributed by atoms with Crippen LogP contribution in [0.5, 0.6) is 0 Å². The van der Waals surface area contributed by atoms with Crippen LogP contribution in [-0.2, 0) is 4.74 Å². The first kappa shape index (κ1) is 16.8. The Morgan fingerprint density at radius 1 is 1.55 bits per heavy atom. The van der Waals surface area contributed by atoms with Crippen molar-refractivity contribution >= 4 is 40.5 Å². The van der Waals surface area contributed by atoms with Crippen LogP contribution < -0.4 is 5.32 Å². The zero-order valence-corrected chi connectivity index (χ0v) is 12.9. The molecule has 0 spiro atoms. The minimum absolute atomic E-state index is 0.0260. The zero-order chi connectivity index (χ0) is 16.3. The number of halogens is 2. The highest BCUT2D eigenvalue weighted by molar-refractivity contribution is 6.50. The van der Waals surface area contributed by atoms with Crippen LogP contribution in [0.2, 0.25) is 0 Å².